The zero-order valence-electron chi connectivity index (χ0n) is 16.6. The van der Waals surface area contributed by atoms with E-state index in [1.54, 1.807) is 4.90 Å². The zero-order chi connectivity index (χ0) is 19.8. The van der Waals surface area contributed by atoms with Gasteiger partial charge in [0.15, 0.2) is 0 Å². The van der Waals surface area contributed by atoms with Gasteiger partial charge in [0.1, 0.15) is 5.69 Å². The van der Waals surface area contributed by atoms with Crippen molar-refractivity contribution in [3.8, 4) is 11.3 Å². The second kappa shape index (κ2) is 11.7. The Balaban J connectivity index is 0.00000300. The van der Waals surface area contributed by atoms with Crippen LogP contribution in [0.4, 0.5) is 0 Å². The fourth-order valence-electron chi connectivity index (χ4n) is 3.03. The molecule has 0 unspecified atom stereocenters. The second-order valence-electron chi connectivity index (χ2n) is 6.85. The highest BCUT2D eigenvalue weighted by atomic mass is 35.5. The third-order valence-electron chi connectivity index (χ3n) is 4.62. The zero-order valence-corrected chi connectivity index (χ0v) is 18.3. The van der Waals surface area contributed by atoms with E-state index in [0.717, 1.165) is 60.6 Å². The topological polar surface area (TPSA) is 87.9 Å². The van der Waals surface area contributed by atoms with Crippen molar-refractivity contribution in [2.24, 2.45) is 5.73 Å². The lowest BCUT2D eigenvalue weighted by Crippen LogP contribution is -2.28. The van der Waals surface area contributed by atoms with Crippen LogP contribution >= 0.6 is 23.7 Å². The molecule has 29 heavy (non-hydrogen) atoms. The summed E-state index contributed by atoms with van der Waals surface area (Å²) in [7, 11) is 1.84. The Morgan fingerprint density at radius 2 is 1.97 bits per heavy atom. The lowest BCUT2D eigenvalue weighted by Gasteiger charge is -2.15. The Hall–Kier alpha value is -2.22. The average Bonchev–Trinajstić information content (AvgIpc) is 3.38. The van der Waals surface area contributed by atoms with Gasteiger partial charge < -0.3 is 10.6 Å². The number of aromatic amines is 1. The molecule has 1 amide bonds. The fraction of sp³-hybridized carbons (Fsp3) is 0.381. The number of halogens is 1. The van der Waals surface area contributed by atoms with Crippen molar-refractivity contribution in [1.29, 1.82) is 0 Å². The number of unbranched alkanes of at least 4 members (excludes halogenated alkanes) is 2. The molecule has 0 bridgehead atoms. The highest BCUT2D eigenvalue weighted by Gasteiger charge is 2.15. The largest absolute Gasteiger partial charge is 0.340 e. The highest BCUT2D eigenvalue weighted by molar-refractivity contribution is 7.09. The summed E-state index contributed by atoms with van der Waals surface area (Å²) in [5.41, 5.74) is 9.33. The first-order chi connectivity index (χ1) is 13.7. The molecule has 3 N–H and O–H groups in total. The summed E-state index contributed by atoms with van der Waals surface area (Å²) >= 11 is 1.50. The number of aryl methyl sites for hydroxylation is 1. The van der Waals surface area contributed by atoms with E-state index >= 15 is 0 Å². The Morgan fingerprint density at radius 1 is 1.17 bits per heavy atom. The van der Waals surface area contributed by atoms with E-state index < -0.39 is 0 Å². The average molecular weight is 434 g/mol. The Labute approximate surface area is 182 Å². The number of nitrogens with one attached hydrogen (secondary N) is 1. The number of rotatable bonds is 10. The van der Waals surface area contributed by atoms with Crippen LogP contribution in [0.3, 0.4) is 0 Å². The normalized spacial score (nSPS) is 10.6. The van der Waals surface area contributed by atoms with Crippen molar-refractivity contribution in [3.63, 3.8) is 0 Å². The van der Waals surface area contributed by atoms with Crippen LogP contribution < -0.4 is 5.73 Å². The van der Waals surface area contributed by atoms with Crippen LogP contribution in [0.5, 0.6) is 0 Å². The van der Waals surface area contributed by atoms with E-state index in [9.17, 15) is 4.79 Å². The monoisotopic (exact) mass is 433 g/mol. The van der Waals surface area contributed by atoms with Crippen molar-refractivity contribution in [1.82, 2.24) is 20.1 Å². The molecule has 3 aromatic rings. The molecule has 0 atom stereocenters. The minimum Gasteiger partial charge on any atom is -0.340 e. The van der Waals surface area contributed by atoms with Gasteiger partial charge in [-0.25, -0.2) is 4.98 Å². The van der Waals surface area contributed by atoms with E-state index in [2.05, 4.69) is 33.4 Å². The summed E-state index contributed by atoms with van der Waals surface area (Å²) in [5.74, 6) is -0.0133. The third-order valence-corrected chi connectivity index (χ3v) is 5.52. The molecular formula is C21H28ClN5OS. The third kappa shape index (κ3) is 6.66. The van der Waals surface area contributed by atoms with Crippen molar-refractivity contribution in [2.45, 2.75) is 32.1 Å². The van der Waals surface area contributed by atoms with Gasteiger partial charge in [0.2, 0.25) is 0 Å². The van der Waals surface area contributed by atoms with Crippen molar-refractivity contribution in [2.75, 3.05) is 20.1 Å². The van der Waals surface area contributed by atoms with Crippen LogP contribution in [-0.4, -0.2) is 46.1 Å². The number of nitrogens with zero attached hydrogens (tertiary/aromatic N) is 3. The molecule has 6 nitrogen and oxygen atoms in total. The minimum absolute atomic E-state index is 0. The Bertz CT molecular complexity index is 880. The number of nitrogens with two attached hydrogens (primary N) is 1. The van der Waals surface area contributed by atoms with Gasteiger partial charge in [-0.1, -0.05) is 36.8 Å². The second-order valence-corrected chi connectivity index (χ2v) is 7.79. The number of thiazole rings is 1. The van der Waals surface area contributed by atoms with Crippen molar-refractivity contribution in [3.05, 3.63) is 58.2 Å². The van der Waals surface area contributed by atoms with E-state index in [4.69, 9.17) is 5.73 Å². The molecule has 0 aliphatic heterocycles. The summed E-state index contributed by atoms with van der Waals surface area (Å²) in [6.07, 6.45) is 4.79. The standard InChI is InChI=1S/C21H27N5OS.ClH/c1-26(21(27)19-15-28-20(23-19)11-12-22)13-7-3-6-10-17-14-18(25-24-17)16-8-4-2-5-9-16;/h2,4-5,8-9,14-15H,3,6-7,10-13,22H2,1H3,(H,24,25);1H. The van der Waals surface area contributed by atoms with E-state index in [1.165, 1.54) is 11.3 Å². The lowest BCUT2D eigenvalue weighted by atomic mass is 10.1. The number of carbonyl (C=O) groups is 1. The quantitative estimate of drug-likeness (QED) is 0.474. The van der Waals surface area contributed by atoms with Crippen LogP contribution in [0.25, 0.3) is 11.3 Å². The summed E-state index contributed by atoms with van der Waals surface area (Å²) in [5, 5.41) is 10.3. The van der Waals surface area contributed by atoms with Gasteiger partial charge >= 0.3 is 0 Å². The summed E-state index contributed by atoms with van der Waals surface area (Å²) in [4.78, 5) is 18.5. The van der Waals surface area contributed by atoms with Crippen LogP contribution in [0.1, 0.15) is 40.5 Å². The van der Waals surface area contributed by atoms with Gasteiger partial charge in [0, 0.05) is 36.7 Å². The fourth-order valence-corrected chi connectivity index (χ4v) is 3.82. The number of benzene rings is 1. The van der Waals surface area contributed by atoms with Crippen LogP contribution in [0, 0.1) is 0 Å². The number of hydrogen-bond donors (Lipinski definition) is 2. The molecule has 3 rings (SSSR count). The molecular weight excluding hydrogens is 406 g/mol. The molecule has 0 aliphatic carbocycles. The van der Waals surface area contributed by atoms with Gasteiger partial charge in [-0.15, -0.1) is 23.7 Å². The number of H-pyrrole nitrogens is 1. The van der Waals surface area contributed by atoms with E-state index in [1.807, 2.05) is 30.6 Å². The number of hydrogen-bond acceptors (Lipinski definition) is 5. The van der Waals surface area contributed by atoms with Gasteiger partial charge in [-0.3, -0.25) is 9.89 Å². The van der Waals surface area contributed by atoms with E-state index in [-0.39, 0.29) is 18.3 Å². The van der Waals surface area contributed by atoms with E-state index in [0.29, 0.717) is 12.2 Å². The first kappa shape index (κ1) is 23.1. The molecule has 8 heteroatoms. The lowest BCUT2D eigenvalue weighted by molar-refractivity contribution is 0.0787. The first-order valence-electron chi connectivity index (χ1n) is 9.67. The van der Waals surface area contributed by atoms with Gasteiger partial charge in [0.05, 0.1) is 10.7 Å². The Kier molecular flexibility index (Phi) is 9.31. The number of aromatic nitrogens is 3. The van der Waals surface area contributed by atoms with Crippen LogP contribution in [0.15, 0.2) is 41.8 Å². The van der Waals surface area contributed by atoms with Gasteiger partial charge in [-0.2, -0.15) is 5.10 Å². The summed E-state index contributed by atoms with van der Waals surface area (Å²) in [6, 6.07) is 12.3. The number of carbonyl (C=O) groups excluding carboxylic acids is 1. The molecule has 0 saturated heterocycles. The molecule has 0 fully saturated rings. The molecule has 0 spiro atoms. The van der Waals surface area contributed by atoms with Gasteiger partial charge in [0.25, 0.3) is 5.91 Å². The molecule has 0 aliphatic rings. The molecule has 0 saturated carbocycles. The number of amides is 1. The predicted octanol–water partition coefficient (Wildman–Crippen LogP) is 3.94. The predicted molar refractivity (Wildman–Crippen MR) is 121 cm³/mol. The highest BCUT2D eigenvalue weighted by Crippen LogP contribution is 2.18. The van der Waals surface area contributed by atoms with Crippen LogP contribution in [0.2, 0.25) is 0 Å². The first-order valence-corrected chi connectivity index (χ1v) is 10.5. The summed E-state index contributed by atoms with van der Waals surface area (Å²) in [6.45, 7) is 1.29. The smallest absolute Gasteiger partial charge is 0.273 e. The molecule has 156 valence electrons. The van der Waals surface area contributed by atoms with Gasteiger partial charge in [-0.05, 0) is 31.9 Å². The maximum atomic E-state index is 12.4. The Morgan fingerprint density at radius 3 is 2.72 bits per heavy atom. The van der Waals surface area contributed by atoms with Crippen molar-refractivity contribution >= 4 is 29.7 Å². The molecule has 1 aromatic carbocycles. The molecule has 2 aromatic heterocycles. The maximum absolute atomic E-state index is 12.4. The SMILES string of the molecule is CN(CCCCCc1cc(-c2ccccc2)n[nH]1)C(=O)c1csc(CCN)n1.Cl. The summed E-state index contributed by atoms with van der Waals surface area (Å²) < 4.78 is 0. The van der Waals surface area contributed by atoms with Crippen LogP contribution in [-0.2, 0) is 12.8 Å². The van der Waals surface area contributed by atoms with Crippen molar-refractivity contribution < 1.29 is 4.79 Å². The molecule has 0 radical (unpaired) electrons. The maximum Gasteiger partial charge on any atom is 0.273 e. The molecule has 2 heterocycles. The minimum atomic E-state index is -0.0133.